The number of ether oxygens (including phenoxy) is 1. The van der Waals surface area contributed by atoms with E-state index < -0.39 is 18.0 Å². The quantitative estimate of drug-likeness (QED) is 0.551. The van der Waals surface area contributed by atoms with Crippen LogP contribution in [-0.2, 0) is 11.4 Å². The number of hydrogen-bond donors (Lipinski definition) is 4. The molecule has 2 rings (SSSR count). The predicted molar refractivity (Wildman–Crippen MR) is 99.1 cm³/mol. The van der Waals surface area contributed by atoms with Crippen molar-refractivity contribution in [3.8, 4) is 5.75 Å². The molecular formula is C19H23N3O4. The van der Waals surface area contributed by atoms with Gasteiger partial charge in [0.25, 0.3) is 0 Å². The van der Waals surface area contributed by atoms with Crippen LogP contribution >= 0.6 is 0 Å². The van der Waals surface area contributed by atoms with Crippen LogP contribution in [0.1, 0.15) is 18.4 Å². The number of benzene rings is 2. The van der Waals surface area contributed by atoms with Crippen LogP contribution in [0.25, 0.3) is 0 Å². The van der Waals surface area contributed by atoms with Crippen molar-refractivity contribution < 1.29 is 19.4 Å². The standard InChI is InChI=1S/C19H23N3O4/c20-12-4-7-17(18(23)24)22-19(25)21-15-8-10-16(11-9-15)26-13-14-5-2-1-3-6-14/h1-3,5-6,8-11,17H,4,7,12-13,20H2,(H,23,24)(H2,21,22,25)/t17-/m1/s1. The van der Waals surface area contributed by atoms with Gasteiger partial charge in [0.2, 0.25) is 0 Å². The van der Waals surface area contributed by atoms with E-state index in [9.17, 15) is 9.59 Å². The van der Waals surface area contributed by atoms with Crippen molar-refractivity contribution in [1.29, 1.82) is 0 Å². The number of rotatable bonds is 9. The van der Waals surface area contributed by atoms with Crippen LogP contribution in [0.15, 0.2) is 54.6 Å². The Kier molecular flexibility index (Phi) is 7.45. The van der Waals surface area contributed by atoms with Gasteiger partial charge in [-0.05, 0) is 49.2 Å². The summed E-state index contributed by atoms with van der Waals surface area (Å²) in [5.74, 6) is -0.413. The Morgan fingerprint density at radius 2 is 1.77 bits per heavy atom. The molecule has 7 nitrogen and oxygen atoms in total. The Balaban J connectivity index is 1.83. The molecule has 5 N–H and O–H groups in total. The molecule has 7 heteroatoms. The van der Waals surface area contributed by atoms with Gasteiger partial charge in [-0.1, -0.05) is 30.3 Å². The first-order chi connectivity index (χ1) is 12.6. The molecule has 0 saturated carbocycles. The van der Waals surface area contributed by atoms with Gasteiger partial charge < -0.3 is 26.2 Å². The number of hydrogen-bond acceptors (Lipinski definition) is 4. The van der Waals surface area contributed by atoms with Crippen molar-refractivity contribution in [3.05, 3.63) is 60.2 Å². The smallest absolute Gasteiger partial charge is 0.326 e. The summed E-state index contributed by atoms with van der Waals surface area (Å²) in [6.45, 7) is 0.826. The molecule has 2 aromatic rings. The molecule has 0 aliphatic carbocycles. The summed E-state index contributed by atoms with van der Waals surface area (Å²) < 4.78 is 5.67. The molecular weight excluding hydrogens is 334 g/mol. The second kappa shape index (κ2) is 10.0. The van der Waals surface area contributed by atoms with Crippen molar-refractivity contribution in [1.82, 2.24) is 5.32 Å². The fourth-order valence-corrected chi connectivity index (χ4v) is 2.28. The minimum Gasteiger partial charge on any atom is -0.489 e. The average molecular weight is 357 g/mol. The summed E-state index contributed by atoms with van der Waals surface area (Å²) in [4.78, 5) is 23.1. The number of anilines is 1. The van der Waals surface area contributed by atoms with E-state index in [0.717, 1.165) is 5.56 Å². The predicted octanol–water partition coefficient (Wildman–Crippen LogP) is 2.58. The molecule has 2 aromatic carbocycles. The second-order valence-corrected chi connectivity index (χ2v) is 5.72. The maximum absolute atomic E-state index is 11.9. The first-order valence-corrected chi connectivity index (χ1v) is 8.35. The highest BCUT2D eigenvalue weighted by molar-refractivity contribution is 5.92. The van der Waals surface area contributed by atoms with Gasteiger partial charge >= 0.3 is 12.0 Å². The van der Waals surface area contributed by atoms with E-state index in [0.29, 0.717) is 31.0 Å². The largest absolute Gasteiger partial charge is 0.489 e. The lowest BCUT2D eigenvalue weighted by Crippen LogP contribution is -2.43. The number of carbonyl (C=O) groups is 2. The Bertz CT molecular complexity index is 704. The first kappa shape index (κ1) is 19.3. The summed E-state index contributed by atoms with van der Waals surface area (Å²) in [5.41, 5.74) is 6.97. The molecule has 0 aliphatic rings. The molecule has 0 aromatic heterocycles. The third-order valence-corrected chi connectivity index (χ3v) is 3.66. The Morgan fingerprint density at radius 1 is 1.08 bits per heavy atom. The van der Waals surface area contributed by atoms with Gasteiger partial charge in [-0.2, -0.15) is 0 Å². The van der Waals surface area contributed by atoms with Crippen LogP contribution < -0.4 is 21.1 Å². The summed E-state index contributed by atoms with van der Waals surface area (Å²) in [5, 5.41) is 14.1. The molecule has 138 valence electrons. The van der Waals surface area contributed by atoms with E-state index in [1.807, 2.05) is 30.3 Å². The Labute approximate surface area is 152 Å². The lowest BCUT2D eigenvalue weighted by atomic mass is 10.1. The summed E-state index contributed by atoms with van der Waals surface area (Å²) in [7, 11) is 0. The van der Waals surface area contributed by atoms with Gasteiger partial charge in [-0.3, -0.25) is 0 Å². The van der Waals surface area contributed by atoms with Crippen molar-refractivity contribution in [2.24, 2.45) is 5.73 Å². The van der Waals surface area contributed by atoms with Crippen molar-refractivity contribution >= 4 is 17.7 Å². The molecule has 0 fully saturated rings. The van der Waals surface area contributed by atoms with Gasteiger partial charge in [0, 0.05) is 5.69 Å². The number of urea groups is 1. The maximum atomic E-state index is 11.9. The van der Waals surface area contributed by atoms with Crippen molar-refractivity contribution in [2.45, 2.75) is 25.5 Å². The van der Waals surface area contributed by atoms with Crippen molar-refractivity contribution in [3.63, 3.8) is 0 Å². The number of nitrogens with one attached hydrogen (secondary N) is 2. The topological polar surface area (TPSA) is 114 Å². The monoisotopic (exact) mass is 357 g/mol. The Hall–Kier alpha value is -3.06. The minimum absolute atomic E-state index is 0.283. The highest BCUT2D eigenvalue weighted by Crippen LogP contribution is 2.17. The summed E-state index contributed by atoms with van der Waals surface area (Å²) >= 11 is 0. The van der Waals surface area contributed by atoms with Gasteiger partial charge in [-0.15, -0.1) is 0 Å². The molecule has 0 spiro atoms. The third kappa shape index (κ3) is 6.45. The molecule has 2 amide bonds. The fraction of sp³-hybridized carbons (Fsp3) is 0.263. The van der Waals surface area contributed by atoms with Gasteiger partial charge in [0.15, 0.2) is 0 Å². The van der Waals surface area contributed by atoms with Gasteiger partial charge in [-0.25, -0.2) is 9.59 Å². The second-order valence-electron chi connectivity index (χ2n) is 5.72. The van der Waals surface area contributed by atoms with Crippen LogP contribution in [0, 0.1) is 0 Å². The normalized spacial score (nSPS) is 11.4. The summed E-state index contributed by atoms with van der Waals surface area (Å²) in [6.07, 6.45) is 0.802. The van der Waals surface area contributed by atoms with Crippen molar-refractivity contribution in [2.75, 3.05) is 11.9 Å². The van der Waals surface area contributed by atoms with Gasteiger partial charge in [0.1, 0.15) is 18.4 Å². The maximum Gasteiger partial charge on any atom is 0.326 e. The number of carboxylic acids is 1. The lowest BCUT2D eigenvalue weighted by Gasteiger charge is -2.15. The molecule has 0 aliphatic heterocycles. The molecule has 0 bridgehead atoms. The van der Waals surface area contributed by atoms with Crippen LogP contribution in [0.2, 0.25) is 0 Å². The zero-order valence-electron chi connectivity index (χ0n) is 14.4. The van der Waals surface area contributed by atoms with E-state index >= 15 is 0 Å². The number of nitrogens with two attached hydrogens (primary N) is 1. The van der Waals surface area contributed by atoms with Crippen LogP contribution in [0.3, 0.4) is 0 Å². The molecule has 0 heterocycles. The van der Waals surface area contributed by atoms with E-state index in [4.69, 9.17) is 15.6 Å². The van der Waals surface area contributed by atoms with E-state index in [2.05, 4.69) is 10.6 Å². The molecule has 26 heavy (non-hydrogen) atoms. The Morgan fingerprint density at radius 3 is 2.38 bits per heavy atom. The molecule has 0 unspecified atom stereocenters. The average Bonchev–Trinajstić information content (AvgIpc) is 2.65. The van der Waals surface area contributed by atoms with E-state index in [1.165, 1.54) is 0 Å². The molecule has 0 saturated heterocycles. The van der Waals surface area contributed by atoms with E-state index in [1.54, 1.807) is 24.3 Å². The molecule has 0 radical (unpaired) electrons. The first-order valence-electron chi connectivity index (χ1n) is 8.35. The lowest BCUT2D eigenvalue weighted by molar-refractivity contribution is -0.139. The highest BCUT2D eigenvalue weighted by atomic mass is 16.5. The summed E-state index contributed by atoms with van der Waals surface area (Å²) in [6, 6.07) is 15.1. The number of amides is 2. The van der Waals surface area contributed by atoms with E-state index in [-0.39, 0.29) is 6.42 Å². The minimum atomic E-state index is -1.08. The van der Waals surface area contributed by atoms with Crippen LogP contribution in [0.4, 0.5) is 10.5 Å². The number of carbonyl (C=O) groups excluding carboxylic acids is 1. The zero-order valence-corrected chi connectivity index (χ0v) is 14.4. The number of aliphatic carboxylic acids is 1. The highest BCUT2D eigenvalue weighted by Gasteiger charge is 2.19. The number of carboxylic acid groups (broad SMARTS) is 1. The third-order valence-electron chi connectivity index (χ3n) is 3.66. The SMILES string of the molecule is NCCC[C@@H](NC(=O)Nc1ccc(OCc2ccccc2)cc1)C(=O)O. The van der Waals surface area contributed by atoms with Gasteiger partial charge in [0.05, 0.1) is 0 Å². The fourth-order valence-electron chi connectivity index (χ4n) is 2.28. The zero-order chi connectivity index (χ0) is 18.8. The van der Waals surface area contributed by atoms with Crippen LogP contribution in [-0.4, -0.2) is 29.7 Å². The van der Waals surface area contributed by atoms with Crippen LogP contribution in [0.5, 0.6) is 5.75 Å². The molecule has 1 atom stereocenters.